The molecular weight excluding hydrogens is 258 g/mol. The Bertz CT molecular complexity index is 270. The molecule has 1 heterocycles. The summed E-state index contributed by atoms with van der Waals surface area (Å²) in [7, 11) is 0. The maximum absolute atomic E-state index is 3.59. The van der Waals surface area contributed by atoms with Gasteiger partial charge < -0.3 is 5.32 Å². The second kappa shape index (κ2) is 5.89. The smallest absolute Gasteiger partial charge is 0.0302 e. The molecule has 1 nitrogen and oxygen atoms in total. The molecule has 80 valence electrons. The van der Waals surface area contributed by atoms with Crippen LogP contribution in [0, 0.1) is 5.92 Å². The summed E-state index contributed by atoms with van der Waals surface area (Å²) in [5.74, 6) is 0.711. The van der Waals surface area contributed by atoms with Gasteiger partial charge in [-0.2, -0.15) is 0 Å². The summed E-state index contributed by atoms with van der Waals surface area (Å²) < 4.78 is 1.19. The van der Waals surface area contributed by atoms with Gasteiger partial charge in [-0.15, -0.1) is 11.3 Å². The van der Waals surface area contributed by atoms with Crippen LogP contribution in [0.2, 0.25) is 0 Å². The summed E-state index contributed by atoms with van der Waals surface area (Å²) in [5, 5.41) is 5.72. The Hall–Kier alpha value is 0.140. The second-order valence-electron chi connectivity index (χ2n) is 3.87. The van der Waals surface area contributed by atoms with Crippen molar-refractivity contribution in [2.24, 2.45) is 5.92 Å². The first-order valence-corrected chi connectivity index (χ1v) is 6.77. The first-order chi connectivity index (χ1) is 6.63. The topological polar surface area (TPSA) is 12.0 Å². The quantitative estimate of drug-likeness (QED) is 0.856. The molecule has 0 aliphatic rings. The largest absolute Gasteiger partial charge is 0.309 e. The van der Waals surface area contributed by atoms with Crippen molar-refractivity contribution >= 4 is 27.3 Å². The first-order valence-electron chi connectivity index (χ1n) is 5.09. The summed E-state index contributed by atoms with van der Waals surface area (Å²) >= 11 is 5.27. The van der Waals surface area contributed by atoms with Gasteiger partial charge in [-0.1, -0.05) is 20.8 Å². The third-order valence-corrected chi connectivity index (χ3v) is 4.10. The molecule has 0 aromatic carbocycles. The Morgan fingerprint density at radius 3 is 2.64 bits per heavy atom. The third-order valence-electron chi connectivity index (χ3n) is 2.40. The Balaban J connectivity index is 2.39. The standard InChI is InChI=1S/C11H18BrNS/c1-4-11(8(2)3)13-6-10-5-9(12)7-14-10/h5,7-8,11,13H,4,6H2,1-3H3/t11-/m1/s1. The van der Waals surface area contributed by atoms with E-state index in [9.17, 15) is 0 Å². The predicted molar refractivity (Wildman–Crippen MR) is 67.8 cm³/mol. The molecule has 14 heavy (non-hydrogen) atoms. The molecule has 0 saturated carbocycles. The summed E-state index contributed by atoms with van der Waals surface area (Å²) in [6.07, 6.45) is 1.20. The molecule has 0 aliphatic carbocycles. The number of hydrogen-bond donors (Lipinski definition) is 1. The molecule has 0 aliphatic heterocycles. The predicted octanol–water partition coefficient (Wildman–Crippen LogP) is 4.03. The van der Waals surface area contributed by atoms with Crippen LogP contribution in [0.15, 0.2) is 15.9 Å². The van der Waals surface area contributed by atoms with E-state index in [0.717, 1.165) is 6.54 Å². The van der Waals surface area contributed by atoms with Crippen LogP contribution in [-0.2, 0) is 6.54 Å². The molecule has 0 fully saturated rings. The Labute approximate surface area is 99.0 Å². The maximum atomic E-state index is 3.59. The van der Waals surface area contributed by atoms with E-state index < -0.39 is 0 Å². The number of halogens is 1. The fraction of sp³-hybridized carbons (Fsp3) is 0.636. The summed E-state index contributed by atoms with van der Waals surface area (Å²) in [5.41, 5.74) is 0. The van der Waals surface area contributed by atoms with E-state index in [1.165, 1.54) is 15.8 Å². The fourth-order valence-electron chi connectivity index (χ4n) is 1.53. The van der Waals surface area contributed by atoms with Gasteiger partial charge in [0.05, 0.1) is 0 Å². The van der Waals surface area contributed by atoms with Crippen molar-refractivity contribution in [3.05, 3.63) is 20.8 Å². The Morgan fingerprint density at radius 2 is 2.21 bits per heavy atom. The average molecular weight is 276 g/mol. The van der Waals surface area contributed by atoms with Crippen LogP contribution in [0.1, 0.15) is 32.1 Å². The van der Waals surface area contributed by atoms with Gasteiger partial charge in [0.1, 0.15) is 0 Å². The second-order valence-corrected chi connectivity index (χ2v) is 5.78. The molecular formula is C11H18BrNS. The van der Waals surface area contributed by atoms with Crippen molar-refractivity contribution in [1.29, 1.82) is 0 Å². The van der Waals surface area contributed by atoms with E-state index >= 15 is 0 Å². The SMILES string of the molecule is CC[C@@H](NCc1cc(Br)cs1)C(C)C. The first kappa shape index (κ1) is 12.2. The van der Waals surface area contributed by atoms with Crippen molar-refractivity contribution < 1.29 is 0 Å². The molecule has 0 unspecified atom stereocenters. The number of hydrogen-bond acceptors (Lipinski definition) is 2. The van der Waals surface area contributed by atoms with Crippen molar-refractivity contribution in [3.8, 4) is 0 Å². The minimum absolute atomic E-state index is 0.635. The zero-order chi connectivity index (χ0) is 10.6. The maximum Gasteiger partial charge on any atom is 0.0302 e. The van der Waals surface area contributed by atoms with E-state index in [0.29, 0.717) is 12.0 Å². The van der Waals surface area contributed by atoms with Crippen LogP contribution < -0.4 is 5.32 Å². The zero-order valence-corrected chi connectivity index (χ0v) is 11.4. The summed E-state index contributed by atoms with van der Waals surface area (Å²) in [6, 6.07) is 2.82. The van der Waals surface area contributed by atoms with Gasteiger partial charge >= 0.3 is 0 Å². The summed E-state index contributed by atoms with van der Waals surface area (Å²) in [6.45, 7) is 7.77. The number of thiophene rings is 1. The lowest BCUT2D eigenvalue weighted by atomic mass is 10.0. The highest BCUT2D eigenvalue weighted by molar-refractivity contribution is 9.10. The van der Waals surface area contributed by atoms with Crippen molar-refractivity contribution in [3.63, 3.8) is 0 Å². The van der Waals surface area contributed by atoms with Gasteiger partial charge in [-0.05, 0) is 34.3 Å². The molecule has 1 N–H and O–H groups in total. The zero-order valence-electron chi connectivity index (χ0n) is 9.01. The lowest BCUT2D eigenvalue weighted by Crippen LogP contribution is -2.32. The van der Waals surface area contributed by atoms with Gasteiger partial charge in [-0.25, -0.2) is 0 Å². The average Bonchev–Trinajstić information content (AvgIpc) is 2.52. The number of nitrogens with one attached hydrogen (secondary N) is 1. The highest BCUT2D eigenvalue weighted by Gasteiger charge is 2.10. The Kier molecular flexibility index (Phi) is 5.13. The molecule has 0 radical (unpaired) electrons. The third kappa shape index (κ3) is 3.71. The van der Waals surface area contributed by atoms with Gasteiger partial charge in [0.2, 0.25) is 0 Å². The lowest BCUT2D eigenvalue weighted by molar-refractivity contribution is 0.389. The molecule has 1 aromatic rings. The van der Waals surface area contributed by atoms with Crippen LogP contribution >= 0.6 is 27.3 Å². The highest BCUT2D eigenvalue weighted by atomic mass is 79.9. The molecule has 1 aromatic heterocycles. The van der Waals surface area contributed by atoms with Gasteiger partial charge in [0.25, 0.3) is 0 Å². The molecule has 0 spiro atoms. The van der Waals surface area contributed by atoms with E-state index in [2.05, 4.69) is 53.5 Å². The molecule has 1 atom stereocenters. The molecule has 1 rings (SSSR count). The minimum atomic E-state index is 0.635. The monoisotopic (exact) mass is 275 g/mol. The van der Waals surface area contributed by atoms with E-state index in [4.69, 9.17) is 0 Å². The van der Waals surface area contributed by atoms with Crippen molar-refractivity contribution in [2.45, 2.75) is 39.8 Å². The van der Waals surface area contributed by atoms with Crippen molar-refractivity contribution in [2.75, 3.05) is 0 Å². The minimum Gasteiger partial charge on any atom is -0.309 e. The summed E-state index contributed by atoms with van der Waals surface area (Å²) in [4.78, 5) is 1.40. The van der Waals surface area contributed by atoms with E-state index in [-0.39, 0.29) is 0 Å². The molecule has 3 heteroatoms. The van der Waals surface area contributed by atoms with Gasteiger partial charge in [0.15, 0.2) is 0 Å². The van der Waals surface area contributed by atoms with Crippen LogP contribution in [0.5, 0.6) is 0 Å². The van der Waals surface area contributed by atoms with Crippen LogP contribution in [0.4, 0.5) is 0 Å². The molecule has 0 amide bonds. The van der Waals surface area contributed by atoms with E-state index in [1.807, 2.05) is 0 Å². The van der Waals surface area contributed by atoms with Gasteiger partial charge in [0, 0.05) is 27.3 Å². The van der Waals surface area contributed by atoms with Gasteiger partial charge in [-0.3, -0.25) is 0 Å². The molecule has 0 bridgehead atoms. The van der Waals surface area contributed by atoms with E-state index in [1.54, 1.807) is 11.3 Å². The lowest BCUT2D eigenvalue weighted by Gasteiger charge is -2.20. The van der Waals surface area contributed by atoms with Crippen molar-refractivity contribution in [1.82, 2.24) is 5.32 Å². The Morgan fingerprint density at radius 1 is 1.50 bits per heavy atom. The van der Waals surface area contributed by atoms with Crippen LogP contribution in [0.3, 0.4) is 0 Å². The van der Waals surface area contributed by atoms with Crippen LogP contribution in [-0.4, -0.2) is 6.04 Å². The fourth-order valence-corrected chi connectivity index (χ4v) is 2.93. The normalized spacial score (nSPS) is 13.5. The molecule has 0 saturated heterocycles. The van der Waals surface area contributed by atoms with Crippen LogP contribution in [0.25, 0.3) is 0 Å². The highest BCUT2D eigenvalue weighted by Crippen LogP contribution is 2.20. The number of rotatable bonds is 5.